The normalized spacial score (nSPS) is 9.27. The van der Waals surface area contributed by atoms with Crippen LogP contribution in [0.3, 0.4) is 0 Å². The van der Waals surface area contributed by atoms with Crippen molar-refractivity contribution in [2.24, 2.45) is 5.16 Å². The molecule has 0 heterocycles. The SMILES string of the molecule is C=NOc1ccc(F)c(Cl)c1. The smallest absolute Gasteiger partial charge is 0.159 e. The molecule has 0 amide bonds. The average Bonchev–Trinajstić information content (AvgIpc) is 1.98. The predicted octanol–water partition coefficient (Wildman–Crippen LogP) is 2.47. The van der Waals surface area contributed by atoms with E-state index in [1.807, 2.05) is 0 Å². The molecule has 1 rings (SSSR count). The maximum Gasteiger partial charge on any atom is 0.159 e. The molecule has 4 heteroatoms. The highest BCUT2D eigenvalue weighted by atomic mass is 35.5. The fourth-order valence-corrected chi connectivity index (χ4v) is 0.779. The van der Waals surface area contributed by atoms with Crippen LogP contribution in [0.15, 0.2) is 23.4 Å². The molecule has 1 aromatic carbocycles. The number of hydrogen-bond acceptors (Lipinski definition) is 2. The van der Waals surface area contributed by atoms with Crippen molar-refractivity contribution in [3.63, 3.8) is 0 Å². The third-order valence-corrected chi connectivity index (χ3v) is 1.35. The van der Waals surface area contributed by atoms with Crippen LogP contribution >= 0.6 is 11.6 Å². The Hall–Kier alpha value is -1.09. The molecule has 0 spiro atoms. The Morgan fingerprint density at radius 3 is 2.82 bits per heavy atom. The molecule has 0 radical (unpaired) electrons. The van der Waals surface area contributed by atoms with E-state index in [-0.39, 0.29) is 5.02 Å². The second kappa shape index (κ2) is 3.34. The summed E-state index contributed by atoms with van der Waals surface area (Å²) in [6.07, 6.45) is 0. The highest BCUT2D eigenvalue weighted by Gasteiger charge is 2.00. The maximum atomic E-state index is 12.5. The lowest BCUT2D eigenvalue weighted by Crippen LogP contribution is -1.82. The third-order valence-electron chi connectivity index (χ3n) is 1.06. The summed E-state index contributed by atoms with van der Waals surface area (Å²) in [5.41, 5.74) is 0. The summed E-state index contributed by atoms with van der Waals surface area (Å²) in [5.74, 6) is -0.116. The van der Waals surface area contributed by atoms with Gasteiger partial charge in [-0.2, -0.15) is 0 Å². The number of halogens is 2. The number of benzene rings is 1. The van der Waals surface area contributed by atoms with E-state index in [2.05, 4.69) is 16.7 Å². The van der Waals surface area contributed by atoms with E-state index in [0.29, 0.717) is 5.75 Å². The zero-order valence-corrected chi connectivity index (χ0v) is 6.31. The minimum absolute atomic E-state index is 0.00569. The Bertz CT molecular complexity index is 277. The van der Waals surface area contributed by atoms with Crippen molar-refractivity contribution in [2.75, 3.05) is 0 Å². The summed E-state index contributed by atoms with van der Waals surface area (Å²) in [7, 11) is 0. The quantitative estimate of drug-likeness (QED) is 0.497. The van der Waals surface area contributed by atoms with Gasteiger partial charge in [0, 0.05) is 12.8 Å². The molecule has 58 valence electrons. The van der Waals surface area contributed by atoms with Crippen molar-refractivity contribution in [3.8, 4) is 5.75 Å². The minimum Gasteiger partial charge on any atom is -0.358 e. The van der Waals surface area contributed by atoms with Crippen LogP contribution in [-0.2, 0) is 0 Å². The van der Waals surface area contributed by atoms with Crippen LogP contribution in [0.5, 0.6) is 5.75 Å². The van der Waals surface area contributed by atoms with Crippen molar-refractivity contribution < 1.29 is 9.23 Å². The standard InChI is InChI=1S/C7H5ClFNO/c1-10-11-5-2-3-7(9)6(8)4-5/h2-4H,1H2. The zero-order chi connectivity index (χ0) is 8.27. The van der Waals surface area contributed by atoms with E-state index in [1.165, 1.54) is 18.2 Å². The van der Waals surface area contributed by atoms with E-state index in [4.69, 9.17) is 11.6 Å². The van der Waals surface area contributed by atoms with E-state index in [0.717, 1.165) is 0 Å². The molecule has 0 N–H and O–H groups in total. The molecule has 0 unspecified atom stereocenters. The van der Waals surface area contributed by atoms with Gasteiger partial charge in [-0.15, -0.1) is 0 Å². The highest BCUT2D eigenvalue weighted by Crippen LogP contribution is 2.20. The Labute approximate surface area is 68.2 Å². The second-order valence-electron chi connectivity index (χ2n) is 1.80. The van der Waals surface area contributed by atoms with Gasteiger partial charge < -0.3 is 4.84 Å². The Kier molecular flexibility index (Phi) is 2.44. The average molecular weight is 174 g/mol. The Morgan fingerprint density at radius 1 is 1.55 bits per heavy atom. The largest absolute Gasteiger partial charge is 0.358 e. The van der Waals surface area contributed by atoms with Gasteiger partial charge >= 0.3 is 0 Å². The van der Waals surface area contributed by atoms with Gasteiger partial charge in [0.1, 0.15) is 5.82 Å². The predicted molar refractivity (Wildman–Crippen MR) is 41.6 cm³/mol. The molecule has 0 aliphatic heterocycles. The number of oxime groups is 1. The molecule has 0 aromatic heterocycles. The molecular formula is C7H5ClFNO. The van der Waals surface area contributed by atoms with E-state index >= 15 is 0 Å². The molecule has 0 aliphatic carbocycles. The van der Waals surface area contributed by atoms with Crippen LogP contribution in [0.1, 0.15) is 0 Å². The molecule has 0 saturated carbocycles. The van der Waals surface area contributed by atoms with Gasteiger partial charge in [0.25, 0.3) is 0 Å². The summed E-state index contributed by atoms with van der Waals surface area (Å²) in [5, 5.41) is 3.15. The first kappa shape index (κ1) is 8.01. The first-order valence-electron chi connectivity index (χ1n) is 2.82. The first-order chi connectivity index (χ1) is 5.24. The minimum atomic E-state index is -0.483. The number of rotatable bonds is 2. The van der Waals surface area contributed by atoms with Crippen LogP contribution in [-0.4, -0.2) is 6.72 Å². The van der Waals surface area contributed by atoms with Crippen LogP contribution < -0.4 is 4.84 Å². The van der Waals surface area contributed by atoms with Crippen LogP contribution in [0.25, 0.3) is 0 Å². The summed E-state index contributed by atoms with van der Waals surface area (Å²) < 4.78 is 12.5. The Balaban J connectivity index is 2.95. The molecule has 0 saturated heterocycles. The van der Waals surface area contributed by atoms with Crippen molar-refractivity contribution in [3.05, 3.63) is 29.0 Å². The monoisotopic (exact) mass is 173 g/mol. The Morgan fingerprint density at radius 2 is 2.27 bits per heavy atom. The summed E-state index contributed by atoms with van der Waals surface area (Å²) >= 11 is 5.43. The van der Waals surface area contributed by atoms with Crippen LogP contribution in [0, 0.1) is 5.82 Å². The summed E-state index contributed by atoms with van der Waals surface area (Å²) in [4.78, 5) is 4.60. The van der Waals surface area contributed by atoms with Gasteiger partial charge in [0.15, 0.2) is 5.75 Å². The van der Waals surface area contributed by atoms with Gasteiger partial charge in [0.2, 0.25) is 0 Å². The maximum absolute atomic E-state index is 12.5. The van der Waals surface area contributed by atoms with Gasteiger partial charge in [-0.1, -0.05) is 16.8 Å². The molecule has 2 nitrogen and oxygen atoms in total. The lowest BCUT2D eigenvalue weighted by molar-refractivity contribution is 0.345. The molecule has 11 heavy (non-hydrogen) atoms. The fraction of sp³-hybridized carbons (Fsp3) is 0. The first-order valence-corrected chi connectivity index (χ1v) is 3.20. The molecular weight excluding hydrogens is 169 g/mol. The lowest BCUT2D eigenvalue weighted by Gasteiger charge is -1.97. The number of hydrogen-bond donors (Lipinski definition) is 0. The van der Waals surface area contributed by atoms with Gasteiger partial charge in [-0.25, -0.2) is 4.39 Å². The molecule has 0 fully saturated rings. The van der Waals surface area contributed by atoms with Gasteiger partial charge in [-0.3, -0.25) is 0 Å². The number of nitrogens with zero attached hydrogens (tertiary/aromatic N) is 1. The molecule has 0 atom stereocenters. The molecule has 1 aromatic rings. The van der Waals surface area contributed by atoms with Crippen molar-refractivity contribution in [1.29, 1.82) is 0 Å². The zero-order valence-electron chi connectivity index (χ0n) is 5.55. The van der Waals surface area contributed by atoms with E-state index < -0.39 is 5.82 Å². The summed E-state index contributed by atoms with van der Waals surface area (Å²) in [6.45, 7) is 3.10. The fourth-order valence-electron chi connectivity index (χ4n) is 0.608. The topological polar surface area (TPSA) is 21.6 Å². The van der Waals surface area contributed by atoms with Gasteiger partial charge in [0.05, 0.1) is 5.02 Å². The molecule has 0 bridgehead atoms. The third kappa shape index (κ3) is 1.91. The summed E-state index contributed by atoms with van der Waals surface area (Å²) in [6, 6.07) is 3.93. The van der Waals surface area contributed by atoms with Crippen LogP contribution in [0.4, 0.5) is 4.39 Å². The second-order valence-corrected chi connectivity index (χ2v) is 2.20. The van der Waals surface area contributed by atoms with E-state index in [1.54, 1.807) is 0 Å². The van der Waals surface area contributed by atoms with Crippen LogP contribution in [0.2, 0.25) is 5.02 Å². The van der Waals surface area contributed by atoms with Crippen molar-refractivity contribution >= 4 is 18.3 Å². The molecule has 0 aliphatic rings. The van der Waals surface area contributed by atoms with E-state index in [9.17, 15) is 4.39 Å². The lowest BCUT2D eigenvalue weighted by atomic mass is 10.3. The van der Waals surface area contributed by atoms with Crippen molar-refractivity contribution in [1.82, 2.24) is 0 Å². The van der Waals surface area contributed by atoms with Crippen molar-refractivity contribution in [2.45, 2.75) is 0 Å². The highest BCUT2D eigenvalue weighted by molar-refractivity contribution is 6.30. The van der Waals surface area contributed by atoms with Gasteiger partial charge in [-0.05, 0) is 12.1 Å².